The Morgan fingerprint density at radius 1 is 1.11 bits per heavy atom. The third-order valence-corrected chi connectivity index (χ3v) is 7.36. The molecule has 3 heterocycles. The molecule has 4 aromatic rings. The first-order chi connectivity index (χ1) is 21.9. The fourth-order valence-corrected chi connectivity index (χ4v) is 5.02. The van der Waals surface area contributed by atoms with Gasteiger partial charge in [-0.05, 0) is 12.1 Å². The Morgan fingerprint density at radius 3 is 2.36 bits per heavy atom. The number of carboxylic acids is 1. The number of nitrogens with two attached hydrogens (primary N) is 1. The molecule has 0 unspecified atom stereocenters. The number of methoxy groups -OCH3 is 2. The molecule has 47 heavy (non-hydrogen) atoms. The maximum Gasteiger partial charge on any atom is 0.417 e. The average molecular weight is 738 g/mol. The van der Waals surface area contributed by atoms with Crippen LogP contribution in [0.1, 0.15) is 5.56 Å². The van der Waals surface area contributed by atoms with Crippen molar-refractivity contribution >= 4 is 56.5 Å². The summed E-state index contributed by atoms with van der Waals surface area (Å²) in [6.07, 6.45) is -6.99. The van der Waals surface area contributed by atoms with Gasteiger partial charge < -0.3 is 29.8 Å². The summed E-state index contributed by atoms with van der Waals surface area (Å²) in [4.78, 5) is 19.7. The third kappa shape index (κ3) is 8.77. The van der Waals surface area contributed by atoms with Gasteiger partial charge in [0, 0.05) is 0 Å². The Labute approximate surface area is 269 Å². The van der Waals surface area contributed by atoms with E-state index in [1.54, 1.807) is 4.72 Å². The van der Waals surface area contributed by atoms with Crippen LogP contribution in [0.3, 0.4) is 0 Å². The number of alkyl halides is 5. The van der Waals surface area contributed by atoms with Crippen LogP contribution in [0.25, 0.3) is 5.65 Å². The molecule has 24 heteroatoms. The number of benzene rings is 1. The standard InChI is InChI=1S/C16H14F5N5O5S.C7H5Cl2FN2O3/c1-29-10-6-22-15(30-2)26-13(10)23-14(24-26)25-32(27,28)12-8(16(19,20)21)4-3-5-9(12)31-7-11(17)18;8-3-5(11)4(9)7(12-6(3)10)15-1-2(13)14/h3-6,11H,7H2,1-2H3,(H,24,25);1H2,(H2,11,12)(H,13,14). The summed E-state index contributed by atoms with van der Waals surface area (Å²) in [5.74, 6) is -4.25. The first kappa shape index (κ1) is 36.8. The number of aliphatic carboxylic acids is 1. The first-order valence-corrected chi connectivity index (χ1v) is 14.3. The lowest BCUT2D eigenvalue weighted by Gasteiger charge is -2.17. The summed E-state index contributed by atoms with van der Waals surface area (Å²) in [7, 11) is -2.56. The Morgan fingerprint density at radius 2 is 1.79 bits per heavy atom. The van der Waals surface area contributed by atoms with Crippen molar-refractivity contribution in [2.45, 2.75) is 17.5 Å². The predicted molar refractivity (Wildman–Crippen MR) is 149 cm³/mol. The van der Waals surface area contributed by atoms with Gasteiger partial charge in [0.05, 0.1) is 31.7 Å². The SMILES string of the molecule is COc1cnc(OC)n2nc(NS(=O)(=O)c3c(OCC(F)F)cccc3C(F)(F)F)nc12.Nc1c(Cl)c(F)nc(OCC(=O)O)c1Cl. The Balaban J connectivity index is 0.000000335. The molecule has 15 nitrogen and oxygen atoms in total. The van der Waals surface area contributed by atoms with Crippen molar-refractivity contribution in [3.05, 3.63) is 46.0 Å². The highest BCUT2D eigenvalue weighted by molar-refractivity contribution is 7.92. The van der Waals surface area contributed by atoms with Crippen LogP contribution in [0.5, 0.6) is 23.4 Å². The van der Waals surface area contributed by atoms with E-state index in [4.69, 9.17) is 43.5 Å². The number of carboxylic acid groups (broad SMARTS) is 1. The van der Waals surface area contributed by atoms with E-state index in [1.807, 2.05) is 0 Å². The van der Waals surface area contributed by atoms with Gasteiger partial charge in [-0.25, -0.2) is 26.7 Å². The van der Waals surface area contributed by atoms with E-state index in [9.17, 15) is 39.6 Å². The Hall–Kier alpha value is -4.70. The number of hydrogen-bond acceptors (Lipinski definition) is 12. The maximum absolute atomic E-state index is 13.5. The highest BCUT2D eigenvalue weighted by Gasteiger charge is 2.40. The van der Waals surface area contributed by atoms with Gasteiger partial charge in [0.15, 0.2) is 12.4 Å². The molecule has 4 N–H and O–H groups in total. The molecule has 0 radical (unpaired) electrons. The van der Waals surface area contributed by atoms with Gasteiger partial charge in [-0.1, -0.05) is 29.3 Å². The highest BCUT2D eigenvalue weighted by Crippen LogP contribution is 2.40. The fourth-order valence-electron chi connectivity index (χ4n) is 3.35. The molecule has 1 aromatic carbocycles. The first-order valence-electron chi connectivity index (χ1n) is 12.0. The third-order valence-electron chi connectivity index (χ3n) is 5.22. The van der Waals surface area contributed by atoms with E-state index in [0.717, 1.165) is 16.6 Å². The zero-order valence-electron chi connectivity index (χ0n) is 23.4. The molecule has 0 fully saturated rings. The molecule has 0 saturated heterocycles. The largest absolute Gasteiger partial charge is 0.491 e. The van der Waals surface area contributed by atoms with Gasteiger partial charge in [0.2, 0.25) is 17.5 Å². The molecule has 0 aliphatic rings. The molecule has 0 amide bonds. The van der Waals surface area contributed by atoms with E-state index in [0.29, 0.717) is 6.07 Å². The number of nitrogen functional groups attached to an aromatic ring is 1. The quantitative estimate of drug-likeness (QED) is 0.146. The van der Waals surface area contributed by atoms with Crippen molar-refractivity contribution in [1.29, 1.82) is 0 Å². The van der Waals surface area contributed by atoms with Crippen LogP contribution >= 0.6 is 23.2 Å². The van der Waals surface area contributed by atoms with Crippen LogP contribution in [0.15, 0.2) is 29.3 Å². The van der Waals surface area contributed by atoms with Crippen molar-refractivity contribution in [3.8, 4) is 23.4 Å². The predicted octanol–water partition coefficient (Wildman–Crippen LogP) is 4.18. The number of ether oxygens (including phenoxy) is 4. The van der Waals surface area contributed by atoms with Crippen LogP contribution < -0.4 is 29.4 Å². The van der Waals surface area contributed by atoms with Crippen LogP contribution in [0.2, 0.25) is 10.0 Å². The lowest BCUT2D eigenvalue weighted by molar-refractivity contribution is -0.140. The van der Waals surface area contributed by atoms with Crippen LogP contribution in [-0.4, -0.2) is 77.9 Å². The monoisotopic (exact) mass is 737 g/mol. The molecule has 4 rings (SSSR count). The number of nitrogens with one attached hydrogen (secondary N) is 1. The summed E-state index contributed by atoms with van der Waals surface area (Å²) in [6, 6.07) is 1.99. The second-order valence-electron chi connectivity index (χ2n) is 8.35. The van der Waals surface area contributed by atoms with Gasteiger partial charge in [0.25, 0.3) is 22.4 Å². The molecule has 0 bridgehead atoms. The number of nitrogens with zero attached hydrogens (tertiary/aromatic N) is 5. The molecule has 0 atom stereocenters. The summed E-state index contributed by atoms with van der Waals surface area (Å²) in [5.41, 5.74) is 3.39. The summed E-state index contributed by atoms with van der Waals surface area (Å²) in [6.45, 7) is -2.02. The lowest BCUT2D eigenvalue weighted by atomic mass is 10.2. The van der Waals surface area contributed by atoms with Crippen molar-refractivity contribution < 1.29 is 63.6 Å². The number of pyridine rings is 1. The molecular formula is C23H19Cl2F6N7O8S. The van der Waals surface area contributed by atoms with Crippen LogP contribution in [0, 0.1) is 5.95 Å². The minimum atomic E-state index is -5.14. The number of halogens is 8. The lowest BCUT2D eigenvalue weighted by Crippen LogP contribution is -2.21. The Bertz CT molecular complexity index is 1840. The van der Waals surface area contributed by atoms with E-state index in [2.05, 4.69) is 29.5 Å². The molecule has 256 valence electrons. The summed E-state index contributed by atoms with van der Waals surface area (Å²) < 4.78 is 126. The van der Waals surface area contributed by atoms with E-state index in [1.165, 1.54) is 20.4 Å². The van der Waals surface area contributed by atoms with Gasteiger partial charge in [-0.2, -0.15) is 37.0 Å². The second kappa shape index (κ2) is 14.8. The molecule has 3 aromatic heterocycles. The zero-order valence-corrected chi connectivity index (χ0v) is 25.7. The van der Waals surface area contributed by atoms with Gasteiger partial charge >= 0.3 is 18.2 Å². The number of aromatic nitrogens is 5. The molecular weight excluding hydrogens is 719 g/mol. The van der Waals surface area contributed by atoms with Gasteiger partial charge in [-0.15, -0.1) is 5.10 Å². The van der Waals surface area contributed by atoms with Crippen molar-refractivity contribution in [1.82, 2.24) is 24.6 Å². The number of sulfonamides is 1. The molecule has 0 spiro atoms. The molecule has 0 aliphatic carbocycles. The summed E-state index contributed by atoms with van der Waals surface area (Å²) in [5, 5.41) is 11.5. The minimum absolute atomic E-state index is 0.0559. The number of carbonyl (C=O) groups is 1. The van der Waals surface area contributed by atoms with E-state index < -0.39 is 80.8 Å². The zero-order chi connectivity index (χ0) is 35.3. The van der Waals surface area contributed by atoms with Crippen molar-refractivity contribution in [2.75, 3.05) is 37.9 Å². The fraction of sp³-hybridized carbons (Fsp3) is 0.261. The summed E-state index contributed by atoms with van der Waals surface area (Å²) >= 11 is 11.0. The number of rotatable bonds is 11. The maximum atomic E-state index is 13.5. The normalized spacial score (nSPS) is 11.6. The molecule has 0 saturated carbocycles. The van der Waals surface area contributed by atoms with E-state index >= 15 is 0 Å². The number of hydrogen-bond donors (Lipinski definition) is 3. The van der Waals surface area contributed by atoms with Gasteiger partial charge in [-0.3, -0.25) is 0 Å². The van der Waals surface area contributed by atoms with E-state index in [-0.39, 0.29) is 28.1 Å². The smallest absolute Gasteiger partial charge is 0.417 e. The van der Waals surface area contributed by atoms with Crippen molar-refractivity contribution in [2.24, 2.45) is 0 Å². The average Bonchev–Trinajstić information content (AvgIpc) is 3.42. The van der Waals surface area contributed by atoms with Crippen LogP contribution in [0.4, 0.5) is 38.0 Å². The minimum Gasteiger partial charge on any atom is -0.491 e. The number of anilines is 2. The second-order valence-corrected chi connectivity index (χ2v) is 10.7. The highest BCUT2D eigenvalue weighted by atomic mass is 35.5. The van der Waals surface area contributed by atoms with Gasteiger partial charge in [0.1, 0.15) is 27.3 Å². The Kier molecular flexibility index (Phi) is 11.6. The van der Waals surface area contributed by atoms with Crippen molar-refractivity contribution in [3.63, 3.8) is 0 Å². The topological polar surface area (TPSA) is 202 Å². The number of fused-ring (bicyclic) bond motifs is 1. The van der Waals surface area contributed by atoms with Crippen LogP contribution in [-0.2, 0) is 21.0 Å². The molecule has 0 aliphatic heterocycles.